The summed E-state index contributed by atoms with van der Waals surface area (Å²) in [5.74, 6) is 0.877. The minimum Gasteiger partial charge on any atom is -0.342 e. The SMILES string of the molecule is CC(C)CC(=O)N1CCC2(CC2)C1. The third kappa shape index (κ3) is 1.87. The largest absolute Gasteiger partial charge is 0.342 e. The first-order valence-electron chi connectivity index (χ1n) is 5.39. The Kier molecular flexibility index (Phi) is 2.09. The summed E-state index contributed by atoms with van der Waals surface area (Å²) in [6.45, 7) is 6.30. The van der Waals surface area contributed by atoms with Crippen molar-refractivity contribution in [3.05, 3.63) is 0 Å². The fourth-order valence-corrected chi connectivity index (χ4v) is 2.21. The van der Waals surface area contributed by atoms with E-state index in [1.165, 1.54) is 19.3 Å². The van der Waals surface area contributed by atoms with Crippen LogP contribution >= 0.6 is 0 Å². The number of hydrogen-bond acceptors (Lipinski definition) is 1. The van der Waals surface area contributed by atoms with Crippen LogP contribution in [-0.4, -0.2) is 23.9 Å². The van der Waals surface area contributed by atoms with E-state index in [1.807, 2.05) is 0 Å². The maximum atomic E-state index is 11.7. The summed E-state index contributed by atoms with van der Waals surface area (Å²) in [5, 5.41) is 0. The Morgan fingerprint density at radius 3 is 2.54 bits per heavy atom. The van der Waals surface area contributed by atoms with Crippen LogP contribution in [0.25, 0.3) is 0 Å². The van der Waals surface area contributed by atoms with Gasteiger partial charge in [0.2, 0.25) is 5.91 Å². The van der Waals surface area contributed by atoms with E-state index < -0.39 is 0 Å². The first-order valence-corrected chi connectivity index (χ1v) is 5.39. The van der Waals surface area contributed by atoms with Crippen molar-refractivity contribution >= 4 is 5.91 Å². The van der Waals surface area contributed by atoms with Gasteiger partial charge in [-0.05, 0) is 30.6 Å². The quantitative estimate of drug-likeness (QED) is 0.638. The molecule has 13 heavy (non-hydrogen) atoms. The van der Waals surface area contributed by atoms with Crippen molar-refractivity contribution in [2.24, 2.45) is 11.3 Å². The maximum Gasteiger partial charge on any atom is 0.222 e. The predicted molar refractivity (Wildman–Crippen MR) is 52.3 cm³/mol. The molecule has 74 valence electrons. The monoisotopic (exact) mass is 181 g/mol. The van der Waals surface area contributed by atoms with Crippen LogP contribution in [0.4, 0.5) is 0 Å². The smallest absolute Gasteiger partial charge is 0.222 e. The fraction of sp³-hybridized carbons (Fsp3) is 0.909. The maximum absolute atomic E-state index is 11.7. The van der Waals surface area contributed by atoms with E-state index in [1.54, 1.807) is 0 Å². The van der Waals surface area contributed by atoms with E-state index >= 15 is 0 Å². The third-order valence-electron chi connectivity index (χ3n) is 3.33. The number of nitrogens with zero attached hydrogens (tertiary/aromatic N) is 1. The molecule has 1 spiro atoms. The minimum absolute atomic E-state index is 0.374. The van der Waals surface area contributed by atoms with Crippen molar-refractivity contribution in [2.45, 2.75) is 39.5 Å². The molecule has 2 rings (SSSR count). The van der Waals surface area contributed by atoms with Crippen LogP contribution in [0.15, 0.2) is 0 Å². The lowest BCUT2D eigenvalue weighted by atomic mass is 10.1. The van der Waals surface area contributed by atoms with E-state index in [4.69, 9.17) is 0 Å². The van der Waals surface area contributed by atoms with Crippen LogP contribution in [0.5, 0.6) is 0 Å². The van der Waals surface area contributed by atoms with Gasteiger partial charge in [0.15, 0.2) is 0 Å². The molecule has 1 heterocycles. The lowest BCUT2D eigenvalue weighted by Gasteiger charge is -2.17. The summed E-state index contributed by atoms with van der Waals surface area (Å²) in [6, 6.07) is 0. The van der Waals surface area contributed by atoms with E-state index in [-0.39, 0.29) is 0 Å². The molecule has 1 aliphatic heterocycles. The van der Waals surface area contributed by atoms with Crippen LogP contribution in [0, 0.1) is 11.3 Å². The normalized spacial score (nSPS) is 24.4. The Balaban J connectivity index is 1.84. The Hall–Kier alpha value is -0.530. The van der Waals surface area contributed by atoms with E-state index in [2.05, 4.69) is 18.7 Å². The van der Waals surface area contributed by atoms with E-state index in [0.29, 0.717) is 17.2 Å². The summed E-state index contributed by atoms with van der Waals surface area (Å²) in [6.07, 6.45) is 4.71. The highest BCUT2D eigenvalue weighted by Crippen LogP contribution is 2.52. The molecule has 0 bridgehead atoms. The zero-order chi connectivity index (χ0) is 9.47. The summed E-state index contributed by atoms with van der Waals surface area (Å²) in [7, 11) is 0. The second-order valence-electron chi connectivity index (χ2n) is 5.16. The highest BCUT2D eigenvalue weighted by Gasteiger charge is 2.48. The zero-order valence-electron chi connectivity index (χ0n) is 8.68. The van der Waals surface area contributed by atoms with Crippen molar-refractivity contribution in [2.75, 3.05) is 13.1 Å². The van der Waals surface area contributed by atoms with Gasteiger partial charge < -0.3 is 4.90 Å². The lowest BCUT2D eigenvalue weighted by molar-refractivity contribution is -0.131. The summed E-state index contributed by atoms with van der Waals surface area (Å²) in [5.41, 5.74) is 0.590. The summed E-state index contributed by atoms with van der Waals surface area (Å²) >= 11 is 0. The minimum atomic E-state index is 0.374. The van der Waals surface area contributed by atoms with Crippen molar-refractivity contribution < 1.29 is 4.79 Å². The van der Waals surface area contributed by atoms with Gasteiger partial charge in [-0.1, -0.05) is 13.8 Å². The van der Waals surface area contributed by atoms with Crippen LogP contribution in [0.2, 0.25) is 0 Å². The molecule has 2 aliphatic rings. The van der Waals surface area contributed by atoms with Gasteiger partial charge in [0, 0.05) is 19.5 Å². The Bertz CT molecular complexity index is 218. The highest BCUT2D eigenvalue weighted by atomic mass is 16.2. The molecule has 1 amide bonds. The van der Waals surface area contributed by atoms with Crippen LogP contribution in [0.3, 0.4) is 0 Å². The molecule has 0 unspecified atom stereocenters. The van der Waals surface area contributed by atoms with E-state index in [9.17, 15) is 4.79 Å². The van der Waals surface area contributed by atoms with Crippen LogP contribution in [0.1, 0.15) is 39.5 Å². The van der Waals surface area contributed by atoms with Crippen molar-refractivity contribution in [3.8, 4) is 0 Å². The molecule has 2 heteroatoms. The predicted octanol–water partition coefficient (Wildman–Crippen LogP) is 2.04. The van der Waals surface area contributed by atoms with Gasteiger partial charge in [-0.3, -0.25) is 4.79 Å². The molecular weight excluding hydrogens is 162 g/mol. The average Bonchev–Trinajstić information content (AvgIpc) is 2.59. The number of carbonyl (C=O) groups is 1. The van der Waals surface area contributed by atoms with Gasteiger partial charge in [0.05, 0.1) is 0 Å². The van der Waals surface area contributed by atoms with Gasteiger partial charge in [-0.25, -0.2) is 0 Å². The van der Waals surface area contributed by atoms with Gasteiger partial charge >= 0.3 is 0 Å². The molecular formula is C11H19NO. The number of amides is 1. The number of likely N-dealkylation sites (tertiary alicyclic amines) is 1. The number of carbonyl (C=O) groups excluding carboxylic acids is 1. The number of rotatable bonds is 2. The molecule has 2 fully saturated rings. The highest BCUT2D eigenvalue weighted by molar-refractivity contribution is 5.76. The lowest BCUT2D eigenvalue weighted by Crippen LogP contribution is -2.29. The van der Waals surface area contributed by atoms with Gasteiger partial charge in [-0.2, -0.15) is 0 Å². The van der Waals surface area contributed by atoms with Gasteiger partial charge in [0.1, 0.15) is 0 Å². The molecule has 0 aromatic heterocycles. The van der Waals surface area contributed by atoms with Crippen LogP contribution in [-0.2, 0) is 4.79 Å². The summed E-state index contributed by atoms with van der Waals surface area (Å²) < 4.78 is 0. The standard InChI is InChI=1S/C11H19NO/c1-9(2)7-10(13)12-6-5-11(8-12)3-4-11/h9H,3-8H2,1-2H3. The Labute approximate surface area is 80.3 Å². The third-order valence-corrected chi connectivity index (χ3v) is 3.33. The molecule has 1 saturated carbocycles. The van der Waals surface area contributed by atoms with E-state index in [0.717, 1.165) is 19.5 Å². The second kappa shape index (κ2) is 3.00. The zero-order valence-corrected chi connectivity index (χ0v) is 8.68. The first-order chi connectivity index (χ1) is 6.11. The molecule has 0 aromatic carbocycles. The molecule has 2 nitrogen and oxygen atoms in total. The topological polar surface area (TPSA) is 20.3 Å². The fourth-order valence-electron chi connectivity index (χ4n) is 2.21. The van der Waals surface area contributed by atoms with Gasteiger partial charge in [-0.15, -0.1) is 0 Å². The first kappa shape index (κ1) is 9.04. The molecule has 0 atom stereocenters. The van der Waals surface area contributed by atoms with Crippen molar-refractivity contribution in [1.29, 1.82) is 0 Å². The van der Waals surface area contributed by atoms with Crippen molar-refractivity contribution in [1.82, 2.24) is 4.90 Å². The average molecular weight is 181 g/mol. The molecule has 0 N–H and O–H groups in total. The number of hydrogen-bond donors (Lipinski definition) is 0. The Morgan fingerprint density at radius 1 is 1.38 bits per heavy atom. The summed E-state index contributed by atoms with van der Waals surface area (Å²) in [4.78, 5) is 13.8. The van der Waals surface area contributed by atoms with Crippen LogP contribution < -0.4 is 0 Å². The second-order valence-corrected chi connectivity index (χ2v) is 5.16. The van der Waals surface area contributed by atoms with Crippen molar-refractivity contribution in [3.63, 3.8) is 0 Å². The molecule has 1 saturated heterocycles. The Morgan fingerprint density at radius 2 is 2.08 bits per heavy atom. The van der Waals surface area contributed by atoms with Gasteiger partial charge in [0.25, 0.3) is 0 Å². The molecule has 1 aliphatic carbocycles. The molecule has 0 aromatic rings. The molecule has 0 radical (unpaired) electrons.